The summed E-state index contributed by atoms with van der Waals surface area (Å²) in [7, 11) is 1.24. The molecule has 0 spiro atoms. The van der Waals surface area contributed by atoms with Gasteiger partial charge in [-0.25, -0.2) is 4.98 Å². The van der Waals surface area contributed by atoms with E-state index in [0.717, 1.165) is 27.8 Å². The number of rotatable bonds is 5. The number of methoxy groups -OCH3 is 1. The normalized spacial score (nSPS) is 23.3. The van der Waals surface area contributed by atoms with E-state index < -0.39 is 7.12 Å². The van der Waals surface area contributed by atoms with Gasteiger partial charge >= 0.3 is 7.12 Å². The molecule has 1 saturated carbocycles. The molecule has 166 valence electrons. The average molecular weight is 450 g/mol. The molecule has 0 radical (unpaired) electrons. The predicted octanol–water partition coefficient (Wildman–Crippen LogP) is 4.35. The van der Waals surface area contributed by atoms with Gasteiger partial charge in [-0.2, -0.15) is 0 Å². The van der Waals surface area contributed by atoms with E-state index >= 15 is 0 Å². The van der Waals surface area contributed by atoms with E-state index in [9.17, 15) is 4.79 Å². The summed E-state index contributed by atoms with van der Waals surface area (Å²) in [6.07, 6.45) is 0.856. The Balaban J connectivity index is 1.27. The lowest BCUT2D eigenvalue weighted by molar-refractivity contribution is -0.117. The van der Waals surface area contributed by atoms with E-state index in [2.05, 4.69) is 10.3 Å². The molecular formula is C24H27BN2O4S. The standard InChI is InChI=1S/C24H27BN2O4S/c1-23(2)24(3,4)31-25(30-23)15-8-11-19-20(12-15)32-22(26-19)27-21(28)18-13-17(18)14-6-9-16(29-5)10-7-14/h6-12,17-18H,13H2,1-5H3,(H,26,27,28)/t17-,18-/m1/s1. The van der Waals surface area contributed by atoms with E-state index in [-0.39, 0.29) is 28.9 Å². The Morgan fingerprint density at radius 1 is 1.12 bits per heavy atom. The van der Waals surface area contributed by atoms with Crippen LogP contribution >= 0.6 is 11.3 Å². The summed E-state index contributed by atoms with van der Waals surface area (Å²) in [6, 6.07) is 13.9. The number of nitrogens with zero attached hydrogens (tertiary/aromatic N) is 1. The van der Waals surface area contributed by atoms with Crippen molar-refractivity contribution in [2.24, 2.45) is 5.92 Å². The molecule has 2 atom stereocenters. The van der Waals surface area contributed by atoms with Gasteiger partial charge in [0.2, 0.25) is 5.91 Å². The first kappa shape index (κ1) is 21.4. The van der Waals surface area contributed by atoms with Gasteiger partial charge in [0.15, 0.2) is 5.13 Å². The third-order valence-electron chi connectivity index (χ3n) is 6.84. The number of ether oxygens (including phenoxy) is 1. The summed E-state index contributed by atoms with van der Waals surface area (Å²) < 4.78 is 18.5. The van der Waals surface area contributed by atoms with Crippen molar-refractivity contribution in [3.63, 3.8) is 0 Å². The number of carbonyl (C=O) groups is 1. The minimum absolute atomic E-state index is 0.0179. The molecule has 1 aliphatic carbocycles. The van der Waals surface area contributed by atoms with Gasteiger partial charge < -0.3 is 19.4 Å². The molecule has 1 aromatic heterocycles. The lowest BCUT2D eigenvalue weighted by Crippen LogP contribution is -2.41. The molecule has 8 heteroatoms. The number of fused-ring (bicyclic) bond motifs is 1. The van der Waals surface area contributed by atoms with Gasteiger partial charge in [-0.05, 0) is 75.3 Å². The maximum absolute atomic E-state index is 12.8. The van der Waals surface area contributed by atoms with Gasteiger partial charge in [0, 0.05) is 5.92 Å². The van der Waals surface area contributed by atoms with Crippen LogP contribution in [0.4, 0.5) is 5.13 Å². The number of aromatic nitrogens is 1. The van der Waals surface area contributed by atoms with Gasteiger partial charge in [-0.3, -0.25) is 4.79 Å². The number of carbonyl (C=O) groups excluding carboxylic acids is 1. The average Bonchev–Trinajstić information content (AvgIpc) is 3.40. The fourth-order valence-electron chi connectivity index (χ4n) is 4.02. The first-order valence-corrected chi connectivity index (χ1v) is 11.7. The van der Waals surface area contributed by atoms with E-state index in [1.807, 2.05) is 70.2 Å². The van der Waals surface area contributed by atoms with E-state index in [0.29, 0.717) is 5.13 Å². The Kier molecular flexibility index (Phi) is 5.07. The van der Waals surface area contributed by atoms with Gasteiger partial charge in [0.05, 0.1) is 28.5 Å². The van der Waals surface area contributed by atoms with Crippen molar-refractivity contribution < 1.29 is 18.8 Å². The van der Waals surface area contributed by atoms with Crippen LogP contribution in [0.5, 0.6) is 5.75 Å². The zero-order valence-electron chi connectivity index (χ0n) is 19.0. The zero-order valence-corrected chi connectivity index (χ0v) is 19.8. The number of amides is 1. The molecule has 1 amide bonds. The van der Waals surface area contributed by atoms with E-state index in [4.69, 9.17) is 14.0 Å². The summed E-state index contributed by atoms with van der Waals surface area (Å²) in [4.78, 5) is 17.4. The van der Waals surface area contributed by atoms with Crippen molar-refractivity contribution in [2.45, 2.75) is 51.2 Å². The van der Waals surface area contributed by atoms with Crippen LogP contribution in [-0.4, -0.2) is 36.3 Å². The molecule has 3 aromatic rings. The lowest BCUT2D eigenvalue weighted by Gasteiger charge is -2.32. The number of benzene rings is 2. The molecule has 32 heavy (non-hydrogen) atoms. The predicted molar refractivity (Wildman–Crippen MR) is 128 cm³/mol. The fraction of sp³-hybridized carbons (Fsp3) is 0.417. The van der Waals surface area contributed by atoms with Gasteiger partial charge in [-0.1, -0.05) is 29.5 Å². The quantitative estimate of drug-likeness (QED) is 0.586. The zero-order chi connectivity index (χ0) is 22.7. The highest BCUT2D eigenvalue weighted by atomic mass is 32.1. The largest absolute Gasteiger partial charge is 0.497 e. The Morgan fingerprint density at radius 2 is 1.81 bits per heavy atom. The summed E-state index contributed by atoms with van der Waals surface area (Å²) in [5.41, 5.74) is 2.21. The SMILES string of the molecule is COc1ccc([C@H]2C[C@H]2C(=O)Nc2nc3ccc(B4OC(C)(C)C(C)(C)O4)cc3s2)cc1. The number of hydrogen-bond acceptors (Lipinski definition) is 6. The molecule has 2 heterocycles. The van der Waals surface area contributed by atoms with Crippen molar-refractivity contribution >= 4 is 45.2 Å². The molecule has 5 rings (SSSR count). The van der Waals surface area contributed by atoms with Gasteiger partial charge in [0.25, 0.3) is 0 Å². The van der Waals surface area contributed by atoms with Gasteiger partial charge in [0.1, 0.15) is 5.75 Å². The van der Waals surface area contributed by atoms with Crippen LogP contribution in [0.15, 0.2) is 42.5 Å². The summed E-state index contributed by atoms with van der Waals surface area (Å²) in [5, 5.41) is 3.63. The first-order valence-electron chi connectivity index (χ1n) is 10.9. The molecular weight excluding hydrogens is 423 g/mol. The highest BCUT2D eigenvalue weighted by Crippen LogP contribution is 2.48. The van der Waals surface area contributed by atoms with Crippen LogP contribution in [0, 0.1) is 5.92 Å². The van der Waals surface area contributed by atoms with Crippen molar-refractivity contribution in [1.29, 1.82) is 0 Å². The molecule has 6 nitrogen and oxygen atoms in total. The van der Waals surface area contributed by atoms with Crippen molar-refractivity contribution in [2.75, 3.05) is 12.4 Å². The third-order valence-corrected chi connectivity index (χ3v) is 7.77. The van der Waals surface area contributed by atoms with Crippen LogP contribution in [-0.2, 0) is 14.1 Å². The number of anilines is 1. The number of thiazole rings is 1. The Labute approximate surface area is 192 Å². The topological polar surface area (TPSA) is 69.7 Å². The molecule has 1 aliphatic heterocycles. The van der Waals surface area contributed by atoms with Gasteiger partial charge in [-0.15, -0.1) is 0 Å². The lowest BCUT2D eigenvalue weighted by atomic mass is 9.79. The van der Waals surface area contributed by atoms with Crippen molar-refractivity contribution in [3.05, 3.63) is 48.0 Å². The van der Waals surface area contributed by atoms with Crippen molar-refractivity contribution in [1.82, 2.24) is 4.98 Å². The van der Waals surface area contributed by atoms with Crippen LogP contribution in [0.3, 0.4) is 0 Å². The second-order valence-electron chi connectivity index (χ2n) is 9.55. The van der Waals surface area contributed by atoms with E-state index in [1.54, 1.807) is 7.11 Å². The maximum atomic E-state index is 12.8. The second kappa shape index (κ2) is 7.58. The minimum atomic E-state index is -0.415. The number of nitrogens with one attached hydrogen (secondary N) is 1. The maximum Gasteiger partial charge on any atom is 0.494 e. The van der Waals surface area contributed by atoms with Crippen LogP contribution < -0.4 is 15.5 Å². The smallest absolute Gasteiger partial charge is 0.494 e. The Morgan fingerprint density at radius 3 is 2.47 bits per heavy atom. The minimum Gasteiger partial charge on any atom is -0.497 e. The molecule has 0 unspecified atom stereocenters. The summed E-state index contributed by atoms with van der Waals surface area (Å²) in [5.74, 6) is 1.09. The Bertz CT molecular complexity index is 1160. The monoisotopic (exact) mass is 450 g/mol. The van der Waals surface area contributed by atoms with Crippen LogP contribution in [0.1, 0.15) is 45.6 Å². The first-order chi connectivity index (χ1) is 15.2. The fourth-order valence-corrected chi connectivity index (χ4v) is 4.94. The highest BCUT2D eigenvalue weighted by molar-refractivity contribution is 7.22. The van der Waals surface area contributed by atoms with Crippen LogP contribution in [0.25, 0.3) is 10.2 Å². The molecule has 2 aromatic carbocycles. The summed E-state index contributed by atoms with van der Waals surface area (Å²) in [6.45, 7) is 8.18. The molecule has 1 saturated heterocycles. The highest BCUT2D eigenvalue weighted by Gasteiger charge is 2.51. The molecule has 1 N–H and O–H groups in total. The molecule has 0 bridgehead atoms. The molecule has 2 fully saturated rings. The van der Waals surface area contributed by atoms with Crippen molar-refractivity contribution in [3.8, 4) is 5.75 Å². The Hall–Kier alpha value is -2.42. The van der Waals surface area contributed by atoms with Crippen LogP contribution in [0.2, 0.25) is 0 Å². The summed E-state index contributed by atoms with van der Waals surface area (Å²) >= 11 is 1.47. The number of hydrogen-bond donors (Lipinski definition) is 1. The third kappa shape index (κ3) is 3.80. The van der Waals surface area contributed by atoms with E-state index in [1.165, 1.54) is 16.9 Å². The molecule has 2 aliphatic rings. The second-order valence-corrected chi connectivity index (χ2v) is 10.6.